The van der Waals surface area contributed by atoms with Crippen LogP contribution in [0.5, 0.6) is 5.75 Å². The fraction of sp³-hybridized carbons (Fsp3) is 0.348. The number of imidazole rings is 1. The van der Waals surface area contributed by atoms with Crippen molar-refractivity contribution in [1.29, 1.82) is 0 Å². The number of rotatable bonds is 4. The summed E-state index contributed by atoms with van der Waals surface area (Å²) in [5, 5.41) is 22.5. The van der Waals surface area contributed by atoms with E-state index in [4.69, 9.17) is 0 Å². The Morgan fingerprint density at radius 2 is 2.17 bits per heavy atom. The number of hydrogen-bond acceptors (Lipinski definition) is 5. The minimum Gasteiger partial charge on any atom is -0.507 e. The third-order valence-electron chi connectivity index (χ3n) is 6.48. The highest BCUT2D eigenvalue weighted by Crippen LogP contribution is 2.44. The van der Waals surface area contributed by atoms with Crippen LogP contribution in [0.4, 0.5) is 4.39 Å². The minimum atomic E-state index is -0.964. The summed E-state index contributed by atoms with van der Waals surface area (Å²) in [6.45, 7) is 6.32. The molecule has 0 spiro atoms. The van der Waals surface area contributed by atoms with Crippen LogP contribution in [-0.2, 0) is 0 Å². The van der Waals surface area contributed by atoms with Crippen LogP contribution in [0.2, 0.25) is 0 Å². The van der Waals surface area contributed by atoms with Gasteiger partial charge >= 0.3 is 0 Å². The van der Waals surface area contributed by atoms with Crippen LogP contribution in [-0.4, -0.2) is 42.6 Å². The molecule has 154 valence electrons. The van der Waals surface area contributed by atoms with E-state index in [1.807, 2.05) is 16.7 Å². The van der Waals surface area contributed by atoms with Crippen LogP contribution >= 0.6 is 0 Å². The zero-order chi connectivity index (χ0) is 20.9. The number of phenols is 1. The smallest absolute Gasteiger partial charge is 0.127 e. The van der Waals surface area contributed by atoms with E-state index in [-0.39, 0.29) is 23.2 Å². The summed E-state index contributed by atoms with van der Waals surface area (Å²) in [6.07, 6.45) is 6.75. The lowest BCUT2D eigenvalue weighted by Gasteiger charge is -2.39. The van der Waals surface area contributed by atoms with Gasteiger partial charge in [0.05, 0.1) is 23.4 Å². The van der Waals surface area contributed by atoms with Crippen molar-refractivity contribution < 1.29 is 9.50 Å². The SMILES string of the molecule is C=C(c1ccc(-c2ccc(-n3ccnc3)cc2O)nn1)[C@H]1C[C@]2(C)CC[C@@H](N2)[C@@H]1F. The molecule has 7 heteroatoms. The van der Waals surface area contributed by atoms with Gasteiger partial charge in [-0.3, -0.25) is 0 Å². The monoisotopic (exact) mass is 405 g/mol. The van der Waals surface area contributed by atoms with E-state index in [2.05, 4.69) is 34.0 Å². The first kappa shape index (κ1) is 18.9. The van der Waals surface area contributed by atoms with Crippen molar-refractivity contribution in [2.24, 2.45) is 5.92 Å². The van der Waals surface area contributed by atoms with Crippen molar-refractivity contribution >= 4 is 5.57 Å². The highest BCUT2D eigenvalue weighted by Gasteiger charge is 2.49. The maximum atomic E-state index is 15.0. The van der Waals surface area contributed by atoms with Gasteiger partial charge in [0.1, 0.15) is 11.9 Å². The van der Waals surface area contributed by atoms with Crippen LogP contribution in [0.25, 0.3) is 22.5 Å². The number of alkyl halides is 1. The topological polar surface area (TPSA) is 75.9 Å². The normalized spacial score (nSPS) is 27.9. The fourth-order valence-electron chi connectivity index (χ4n) is 4.81. The van der Waals surface area contributed by atoms with Gasteiger partial charge in [-0.25, -0.2) is 9.37 Å². The van der Waals surface area contributed by atoms with Crippen molar-refractivity contribution in [1.82, 2.24) is 25.1 Å². The van der Waals surface area contributed by atoms with Gasteiger partial charge in [0.25, 0.3) is 0 Å². The lowest BCUT2D eigenvalue weighted by Crippen LogP contribution is -2.53. The summed E-state index contributed by atoms with van der Waals surface area (Å²) in [7, 11) is 0. The molecule has 4 atom stereocenters. The van der Waals surface area contributed by atoms with Crippen LogP contribution in [0, 0.1) is 5.92 Å². The minimum absolute atomic E-state index is 0.0307. The van der Waals surface area contributed by atoms with E-state index >= 15 is 0 Å². The molecule has 0 aliphatic carbocycles. The number of nitrogens with zero attached hydrogens (tertiary/aromatic N) is 4. The van der Waals surface area contributed by atoms with Crippen molar-refractivity contribution in [2.45, 2.75) is 43.9 Å². The Morgan fingerprint density at radius 1 is 1.30 bits per heavy atom. The second-order valence-corrected chi connectivity index (χ2v) is 8.61. The van der Waals surface area contributed by atoms with Crippen LogP contribution in [0.15, 0.2) is 55.6 Å². The van der Waals surface area contributed by atoms with E-state index in [9.17, 15) is 9.50 Å². The summed E-state index contributed by atoms with van der Waals surface area (Å²) in [5.41, 5.74) is 3.20. The molecular formula is C23H24FN5O. The van der Waals surface area contributed by atoms with Gasteiger partial charge in [-0.1, -0.05) is 6.58 Å². The van der Waals surface area contributed by atoms with E-state index in [0.29, 0.717) is 28.9 Å². The Bertz CT molecular complexity index is 1080. The summed E-state index contributed by atoms with van der Waals surface area (Å²) in [5.74, 6) is -0.152. The summed E-state index contributed by atoms with van der Waals surface area (Å²) >= 11 is 0. The predicted octanol–water partition coefficient (Wildman–Crippen LogP) is 3.92. The molecule has 2 aromatic heterocycles. The lowest BCUT2D eigenvalue weighted by atomic mass is 9.78. The molecule has 2 saturated heterocycles. The molecule has 0 saturated carbocycles. The average molecular weight is 405 g/mol. The maximum absolute atomic E-state index is 15.0. The van der Waals surface area contributed by atoms with Crippen molar-refractivity contribution in [3.8, 4) is 22.7 Å². The summed E-state index contributed by atoms with van der Waals surface area (Å²) in [6, 6.07) is 8.84. The second kappa shape index (κ2) is 7.02. The molecule has 0 amide bonds. The zero-order valence-corrected chi connectivity index (χ0v) is 16.8. The van der Waals surface area contributed by atoms with Gasteiger partial charge in [-0.2, -0.15) is 5.10 Å². The molecular weight excluding hydrogens is 381 g/mol. The first-order valence-corrected chi connectivity index (χ1v) is 10.2. The quantitative estimate of drug-likeness (QED) is 0.688. The molecule has 6 nitrogen and oxygen atoms in total. The largest absolute Gasteiger partial charge is 0.507 e. The van der Waals surface area contributed by atoms with Gasteiger partial charge in [0.2, 0.25) is 0 Å². The Kier molecular flexibility index (Phi) is 4.43. The van der Waals surface area contributed by atoms with E-state index in [1.165, 1.54) is 0 Å². The number of phenolic OH excluding ortho intramolecular Hbond substituents is 1. The van der Waals surface area contributed by atoms with Gasteiger partial charge < -0.3 is 15.0 Å². The third kappa shape index (κ3) is 3.19. The van der Waals surface area contributed by atoms with Gasteiger partial charge in [-0.05, 0) is 56.0 Å². The molecule has 3 aromatic rings. The molecule has 5 rings (SSSR count). The predicted molar refractivity (Wildman–Crippen MR) is 113 cm³/mol. The molecule has 0 unspecified atom stereocenters. The number of benzene rings is 1. The molecule has 2 aliphatic rings. The third-order valence-corrected chi connectivity index (χ3v) is 6.48. The second-order valence-electron chi connectivity index (χ2n) is 8.61. The highest BCUT2D eigenvalue weighted by atomic mass is 19.1. The Morgan fingerprint density at radius 3 is 2.87 bits per heavy atom. The van der Waals surface area contributed by atoms with Crippen LogP contribution < -0.4 is 5.32 Å². The molecule has 2 aliphatic heterocycles. The molecule has 4 heterocycles. The maximum Gasteiger partial charge on any atom is 0.127 e. The zero-order valence-electron chi connectivity index (χ0n) is 16.8. The fourth-order valence-corrected chi connectivity index (χ4v) is 4.81. The van der Waals surface area contributed by atoms with E-state index in [1.54, 1.807) is 36.9 Å². The summed E-state index contributed by atoms with van der Waals surface area (Å²) in [4.78, 5) is 4.02. The van der Waals surface area contributed by atoms with Crippen molar-refractivity contribution in [2.75, 3.05) is 0 Å². The highest BCUT2D eigenvalue weighted by molar-refractivity contribution is 5.70. The van der Waals surface area contributed by atoms with Crippen molar-refractivity contribution in [3.63, 3.8) is 0 Å². The number of piperidine rings is 1. The lowest BCUT2D eigenvalue weighted by molar-refractivity contribution is 0.135. The van der Waals surface area contributed by atoms with Crippen LogP contribution in [0.3, 0.4) is 0 Å². The first-order chi connectivity index (χ1) is 14.4. The van der Waals surface area contributed by atoms with Crippen LogP contribution in [0.1, 0.15) is 31.9 Å². The Labute approximate surface area is 174 Å². The summed E-state index contributed by atoms with van der Waals surface area (Å²) < 4.78 is 16.8. The Hall–Kier alpha value is -3.06. The number of allylic oxidation sites excluding steroid dienone is 1. The first-order valence-electron chi connectivity index (χ1n) is 10.2. The molecule has 0 radical (unpaired) electrons. The molecule has 30 heavy (non-hydrogen) atoms. The number of halogens is 1. The van der Waals surface area contributed by atoms with Gasteiger partial charge in [0, 0.05) is 41.5 Å². The van der Waals surface area contributed by atoms with Crippen molar-refractivity contribution in [3.05, 3.63) is 61.3 Å². The standard InChI is InChI=1S/C23H24FN5O/c1-14(17-12-23(2)8-7-20(26-23)22(17)24)18-5-6-19(28-27-18)16-4-3-15(11-21(16)30)29-10-9-25-13-29/h3-6,9-11,13,17,20,22,26,30H,1,7-8,12H2,2H3/t17-,20-,22-,23+/m1/s1. The van der Waals surface area contributed by atoms with Gasteiger partial charge in [-0.15, -0.1) is 5.10 Å². The molecule has 2 N–H and O–H groups in total. The van der Waals surface area contributed by atoms with E-state index < -0.39 is 6.17 Å². The molecule has 2 fully saturated rings. The number of nitrogens with one attached hydrogen (secondary N) is 1. The number of hydrogen-bond donors (Lipinski definition) is 2. The molecule has 2 bridgehead atoms. The Balaban J connectivity index is 1.38. The average Bonchev–Trinajstić information content (AvgIpc) is 3.39. The molecule has 1 aromatic carbocycles. The van der Waals surface area contributed by atoms with E-state index in [0.717, 1.165) is 18.5 Å². The number of aromatic nitrogens is 4. The van der Waals surface area contributed by atoms with Gasteiger partial charge in [0.15, 0.2) is 0 Å². The number of aromatic hydroxyl groups is 1. The number of fused-ring (bicyclic) bond motifs is 2.